The minimum absolute atomic E-state index is 0.242. The van der Waals surface area contributed by atoms with E-state index in [9.17, 15) is 9.59 Å². The van der Waals surface area contributed by atoms with Crippen LogP contribution in [0.1, 0.15) is 16.1 Å². The molecule has 3 N–H and O–H groups in total. The van der Waals surface area contributed by atoms with Gasteiger partial charge in [0.15, 0.2) is 0 Å². The Labute approximate surface area is 110 Å². The van der Waals surface area contributed by atoms with Crippen LogP contribution in [0, 0.1) is 0 Å². The number of hydrogen-bond acceptors (Lipinski definition) is 3. The molecule has 0 unspecified atom stereocenters. The number of benzene rings is 1. The largest absolute Gasteiger partial charge is 0.321 e. The molecule has 0 radical (unpaired) electrons. The number of hydrogen-bond donors (Lipinski definition) is 3. The minimum atomic E-state index is -0.334. The standard InChI is InChI=1S/C14H15N3O2/c1-15-9-10-4-2-5-11(8-10)16-14(19)12-6-3-7-13(18)17-12/h2-8,15H,9H2,1H3,(H,16,19)(H,17,18). The van der Waals surface area contributed by atoms with E-state index in [1.54, 1.807) is 18.2 Å². The zero-order valence-electron chi connectivity index (χ0n) is 10.6. The van der Waals surface area contributed by atoms with Gasteiger partial charge in [0.25, 0.3) is 5.91 Å². The molecule has 0 aliphatic heterocycles. The molecule has 0 bridgehead atoms. The molecular formula is C14H15N3O2. The summed E-state index contributed by atoms with van der Waals surface area (Å²) in [5.41, 5.74) is 1.72. The van der Waals surface area contributed by atoms with Crippen molar-refractivity contribution in [3.63, 3.8) is 0 Å². The Kier molecular flexibility index (Phi) is 4.10. The van der Waals surface area contributed by atoms with E-state index in [4.69, 9.17) is 0 Å². The highest BCUT2D eigenvalue weighted by Crippen LogP contribution is 2.11. The Bertz CT molecular complexity index is 634. The Morgan fingerprint density at radius 1 is 1.21 bits per heavy atom. The van der Waals surface area contributed by atoms with Crippen LogP contribution in [0.25, 0.3) is 0 Å². The van der Waals surface area contributed by atoms with E-state index in [2.05, 4.69) is 15.6 Å². The van der Waals surface area contributed by atoms with Crippen molar-refractivity contribution in [2.24, 2.45) is 0 Å². The van der Waals surface area contributed by atoms with E-state index >= 15 is 0 Å². The summed E-state index contributed by atoms with van der Waals surface area (Å²) in [5, 5.41) is 5.79. The smallest absolute Gasteiger partial charge is 0.272 e. The van der Waals surface area contributed by atoms with Crippen molar-refractivity contribution in [2.75, 3.05) is 12.4 Å². The second-order valence-electron chi connectivity index (χ2n) is 4.11. The van der Waals surface area contributed by atoms with Gasteiger partial charge in [0.2, 0.25) is 5.56 Å². The van der Waals surface area contributed by atoms with Crippen LogP contribution in [0.4, 0.5) is 5.69 Å². The maximum absolute atomic E-state index is 11.9. The van der Waals surface area contributed by atoms with E-state index < -0.39 is 0 Å². The summed E-state index contributed by atoms with van der Waals surface area (Å²) in [6.07, 6.45) is 0. The van der Waals surface area contributed by atoms with Crippen LogP contribution in [0.5, 0.6) is 0 Å². The SMILES string of the molecule is CNCc1cccc(NC(=O)c2cccc(=O)[nH]2)c1. The molecular weight excluding hydrogens is 242 g/mol. The van der Waals surface area contributed by atoms with Crippen LogP contribution in [0.3, 0.4) is 0 Å². The first-order valence-corrected chi connectivity index (χ1v) is 5.93. The number of aromatic amines is 1. The topological polar surface area (TPSA) is 74.0 Å². The molecule has 98 valence electrons. The Balaban J connectivity index is 2.14. The van der Waals surface area contributed by atoms with Crippen molar-refractivity contribution in [2.45, 2.75) is 6.54 Å². The maximum Gasteiger partial charge on any atom is 0.272 e. The molecule has 0 aliphatic rings. The normalized spacial score (nSPS) is 10.2. The molecule has 0 aliphatic carbocycles. The summed E-state index contributed by atoms with van der Waals surface area (Å²) in [6, 6.07) is 12.0. The molecule has 1 aromatic carbocycles. The monoisotopic (exact) mass is 257 g/mol. The van der Waals surface area contributed by atoms with E-state index in [1.165, 1.54) is 6.07 Å². The lowest BCUT2D eigenvalue weighted by Crippen LogP contribution is -2.18. The molecule has 1 aromatic heterocycles. The first-order valence-electron chi connectivity index (χ1n) is 5.93. The van der Waals surface area contributed by atoms with E-state index in [1.807, 2.05) is 25.2 Å². The number of nitrogens with one attached hydrogen (secondary N) is 3. The Hall–Kier alpha value is -2.40. The number of carbonyl (C=O) groups excluding carboxylic acids is 1. The van der Waals surface area contributed by atoms with Gasteiger partial charge in [-0.15, -0.1) is 0 Å². The summed E-state index contributed by atoms with van der Waals surface area (Å²) in [7, 11) is 1.86. The second kappa shape index (κ2) is 5.97. The average molecular weight is 257 g/mol. The third-order valence-corrected chi connectivity index (χ3v) is 2.58. The zero-order valence-corrected chi connectivity index (χ0v) is 10.6. The van der Waals surface area contributed by atoms with Crippen LogP contribution >= 0.6 is 0 Å². The van der Waals surface area contributed by atoms with Crippen LogP contribution < -0.4 is 16.2 Å². The highest BCUT2D eigenvalue weighted by molar-refractivity contribution is 6.02. The summed E-state index contributed by atoms with van der Waals surface area (Å²) >= 11 is 0. The van der Waals surface area contributed by atoms with Crippen LogP contribution in [-0.2, 0) is 6.54 Å². The molecule has 0 fully saturated rings. The van der Waals surface area contributed by atoms with Gasteiger partial charge in [-0.1, -0.05) is 18.2 Å². The van der Waals surface area contributed by atoms with Gasteiger partial charge in [0, 0.05) is 18.3 Å². The van der Waals surface area contributed by atoms with Crippen LogP contribution in [-0.4, -0.2) is 17.9 Å². The lowest BCUT2D eigenvalue weighted by molar-refractivity contribution is 0.102. The summed E-state index contributed by atoms with van der Waals surface area (Å²) in [4.78, 5) is 25.6. The third-order valence-electron chi connectivity index (χ3n) is 2.58. The number of anilines is 1. The molecule has 1 amide bonds. The fourth-order valence-corrected chi connectivity index (χ4v) is 1.74. The molecule has 0 saturated heterocycles. The van der Waals surface area contributed by atoms with Gasteiger partial charge >= 0.3 is 0 Å². The molecule has 5 heteroatoms. The van der Waals surface area contributed by atoms with Crippen molar-refractivity contribution in [3.05, 3.63) is 64.1 Å². The molecule has 5 nitrogen and oxygen atoms in total. The van der Waals surface area contributed by atoms with Crippen molar-refractivity contribution < 1.29 is 4.79 Å². The summed E-state index contributed by atoms with van der Waals surface area (Å²) in [5.74, 6) is -0.334. The predicted molar refractivity (Wildman–Crippen MR) is 74.2 cm³/mol. The van der Waals surface area contributed by atoms with E-state index in [0.717, 1.165) is 12.1 Å². The maximum atomic E-state index is 11.9. The van der Waals surface area contributed by atoms with Gasteiger partial charge in [0.05, 0.1) is 0 Å². The number of aromatic nitrogens is 1. The number of carbonyl (C=O) groups is 1. The van der Waals surface area contributed by atoms with E-state index in [-0.39, 0.29) is 17.2 Å². The van der Waals surface area contributed by atoms with Gasteiger partial charge in [-0.3, -0.25) is 9.59 Å². The van der Waals surface area contributed by atoms with Crippen molar-refractivity contribution in [3.8, 4) is 0 Å². The van der Waals surface area contributed by atoms with Crippen molar-refractivity contribution in [1.29, 1.82) is 0 Å². The number of amides is 1. The van der Waals surface area contributed by atoms with Gasteiger partial charge in [-0.2, -0.15) is 0 Å². The molecule has 0 saturated carbocycles. The fourth-order valence-electron chi connectivity index (χ4n) is 1.74. The summed E-state index contributed by atoms with van der Waals surface area (Å²) < 4.78 is 0. The molecule has 0 atom stereocenters. The quantitative estimate of drug-likeness (QED) is 0.774. The first-order chi connectivity index (χ1) is 9.19. The van der Waals surface area contributed by atoms with Gasteiger partial charge < -0.3 is 15.6 Å². The zero-order chi connectivity index (χ0) is 13.7. The number of H-pyrrole nitrogens is 1. The summed E-state index contributed by atoms with van der Waals surface area (Å²) in [6.45, 7) is 0.728. The first kappa shape index (κ1) is 13.0. The Morgan fingerprint density at radius 3 is 2.74 bits per heavy atom. The number of rotatable bonds is 4. The molecule has 2 aromatic rings. The highest BCUT2D eigenvalue weighted by Gasteiger charge is 2.06. The molecule has 2 rings (SSSR count). The number of pyridine rings is 1. The van der Waals surface area contributed by atoms with E-state index in [0.29, 0.717) is 5.69 Å². The molecule has 19 heavy (non-hydrogen) atoms. The van der Waals surface area contributed by atoms with Gasteiger partial charge in [-0.05, 0) is 30.8 Å². The Morgan fingerprint density at radius 2 is 2.00 bits per heavy atom. The molecule has 1 heterocycles. The minimum Gasteiger partial charge on any atom is -0.321 e. The van der Waals surface area contributed by atoms with Crippen LogP contribution in [0.2, 0.25) is 0 Å². The lowest BCUT2D eigenvalue weighted by atomic mass is 10.2. The highest BCUT2D eigenvalue weighted by atomic mass is 16.2. The van der Waals surface area contributed by atoms with Crippen LogP contribution in [0.15, 0.2) is 47.3 Å². The van der Waals surface area contributed by atoms with Gasteiger partial charge in [-0.25, -0.2) is 0 Å². The second-order valence-corrected chi connectivity index (χ2v) is 4.11. The van der Waals surface area contributed by atoms with Crippen molar-refractivity contribution >= 4 is 11.6 Å². The predicted octanol–water partition coefficient (Wildman–Crippen LogP) is 1.35. The molecule has 0 spiro atoms. The lowest BCUT2D eigenvalue weighted by Gasteiger charge is -2.07. The third kappa shape index (κ3) is 3.53. The van der Waals surface area contributed by atoms with Gasteiger partial charge in [0.1, 0.15) is 5.69 Å². The van der Waals surface area contributed by atoms with Crippen molar-refractivity contribution in [1.82, 2.24) is 10.3 Å². The fraction of sp³-hybridized carbons (Fsp3) is 0.143. The average Bonchev–Trinajstić information content (AvgIpc) is 2.39.